The van der Waals surface area contributed by atoms with E-state index in [1.165, 1.54) is 0 Å². The summed E-state index contributed by atoms with van der Waals surface area (Å²) in [7, 11) is 3.72. The number of amides is 1. The number of carbonyl (C=O) groups excluding carboxylic acids is 1. The summed E-state index contributed by atoms with van der Waals surface area (Å²) in [5, 5.41) is 3.57. The average Bonchev–Trinajstić information content (AvgIpc) is 3.08. The molecule has 0 spiro atoms. The van der Waals surface area contributed by atoms with Gasteiger partial charge in [-0.2, -0.15) is 0 Å². The number of anilines is 3. The Hall–Kier alpha value is -2.60. The zero-order valence-electron chi connectivity index (χ0n) is 14.7. The average molecular weight is 338 g/mol. The standard InChI is InChI=1S/C19H22N4O2/c1-12-14-10-15-17(11-16(14)23(19(12)24)8-9-25-3)22(2)18(21-15)13-4-6-20-7-5-13/h4-7,10-12,18,21H,8-9H2,1-3H3. The summed E-state index contributed by atoms with van der Waals surface area (Å²) in [5.41, 5.74) is 5.41. The van der Waals surface area contributed by atoms with Gasteiger partial charge in [0.25, 0.3) is 0 Å². The van der Waals surface area contributed by atoms with Crippen molar-refractivity contribution in [1.82, 2.24) is 4.98 Å². The molecule has 4 rings (SSSR count). The van der Waals surface area contributed by atoms with Crippen molar-refractivity contribution in [2.75, 3.05) is 42.4 Å². The maximum atomic E-state index is 12.6. The molecule has 6 heteroatoms. The minimum Gasteiger partial charge on any atom is -0.383 e. The van der Waals surface area contributed by atoms with Gasteiger partial charge in [0.15, 0.2) is 0 Å². The Bertz CT molecular complexity index is 809. The van der Waals surface area contributed by atoms with Crippen LogP contribution < -0.4 is 15.1 Å². The van der Waals surface area contributed by atoms with Crippen LogP contribution in [0.2, 0.25) is 0 Å². The number of methoxy groups -OCH3 is 1. The highest BCUT2D eigenvalue weighted by molar-refractivity contribution is 6.06. The molecule has 0 aliphatic carbocycles. The summed E-state index contributed by atoms with van der Waals surface area (Å²) >= 11 is 0. The van der Waals surface area contributed by atoms with Gasteiger partial charge >= 0.3 is 0 Å². The molecule has 2 atom stereocenters. The van der Waals surface area contributed by atoms with Crippen molar-refractivity contribution in [2.24, 2.45) is 0 Å². The Labute approximate surface area is 147 Å². The molecule has 1 aromatic heterocycles. The van der Waals surface area contributed by atoms with Crippen LogP contribution in [0.4, 0.5) is 17.1 Å². The first-order valence-electron chi connectivity index (χ1n) is 8.49. The second-order valence-corrected chi connectivity index (χ2v) is 6.57. The number of carbonyl (C=O) groups is 1. The molecule has 0 fully saturated rings. The van der Waals surface area contributed by atoms with E-state index in [9.17, 15) is 4.79 Å². The van der Waals surface area contributed by atoms with Crippen molar-refractivity contribution in [3.8, 4) is 0 Å². The van der Waals surface area contributed by atoms with E-state index in [1.54, 1.807) is 19.5 Å². The Kier molecular flexibility index (Phi) is 3.84. The summed E-state index contributed by atoms with van der Waals surface area (Å²) in [5.74, 6) is 0.0216. The lowest BCUT2D eigenvalue weighted by molar-refractivity contribution is -0.119. The summed E-state index contributed by atoms with van der Waals surface area (Å²) in [6, 6.07) is 8.28. The zero-order chi connectivity index (χ0) is 17.6. The summed E-state index contributed by atoms with van der Waals surface area (Å²) in [6.45, 7) is 3.08. The molecular weight excluding hydrogens is 316 g/mol. The number of pyridine rings is 1. The number of hydrogen-bond donors (Lipinski definition) is 1. The van der Waals surface area contributed by atoms with Gasteiger partial charge in [-0.25, -0.2) is 0 Å². The molecule has 2 aliphatic heterocycles. The van der Waals surface area contributed by atoms with Crippen LogP contribution in [0, 0.1) is 0 Å². The lowest BCUT2D eigenvalue weighted by Crippen LogP contribution is -2.31. The quantitative estimate of drug-likeness (QED) is 0.929. The first kappa shape index (κ1) is 15.9. The van der Waals surface area contributed by atoms with Crippen molar-refractivity contribution in [3.05, 3.63) is 47.8 Å². The Morgan fingerprint density at radius 3 is 2.72 bits per heavy atom. The topological polar surface area (TPSA) is 57.7 Å². The maximum Gasteiger partial charge on any atom is 0.234 e. The van der Waals surface area contributed by atoms with Gasteiger partial charge in [-0.05, 0) is 42.3 Å². The number of aromatic nitrogens is 1. The van der Waals surface area contributed by atoms with Gasteiger partial charge in [-0.15, -0.1) is 0 Å². The molecular formula is C19H22N4O2. The predicted molar refractivity (Wildman–Crippen MR) is 98.1 cm³/mol. The fourth-order valence-corrected chi connectivity index (χ4v) is 3.72. The third-order valence-corrected chi connectivity index (χ3v) is 5.14. The van der Waals surface area contributed by atoms with E-state index in [0.29, 0.717) is 13.2 Å². The molecule has 0 saturated carbocycles. The Balaban J connectivity index is 1.71. The van der Waals surface area contributed by atoms with E-state index in [0.717, 1.165) is 28.2 Å². The minimum atomic E-state index is -0.121. The van der Waals surface area contributed by atoms with Crippen molar-refractivity contribution in [3.63, 3.8) is 0 Å². The molecule has 2 aliphatic rings. The Morgan fingerprint density at radius 1 is 1.24 bits per heavy atom. The van der Waals surface area contributed by atoms with Crippen LogP contribution in [0.5, 0.6) is 0 Å². The molecule has 25 heavy (non-hydrogen) atoms. The van der Waals surface area contributed by atoms with Crippen molar-refractivity contribution in [2.45, 2.75) is 19.0 Å². The van der Waals surface area contributed by atoms with Gasteiger partial charge in [0.1, 0.15) is 6.17 Å². The van der Waals surface area contributed by atoms with Crippen LogP contribution in [-0.4, -0.2) is 38.2 Å². The van der Waals surface area contributed by atoms with Gasteiger partial charge in [-0.3, -0.25) is 9.78 Å². The molecule has 0 saturated heterocycles. The molecule has 3 heterocycles. The van der Waals surface area contributed by atoms with Crippen LogP contribution in [0.3, 0.4) is 0 Å². The van der Waals surface area contributed by atoms with E-state index in [2.05, 4.69) is 34.4 Å². The highest BCUT2D eigenvalue weighted by atomic mass is 16.5. The number of rotatable bonds is 4. The predicted octanol–water partition coefficient (Wildman–Crippen LogP) is 2.74. The second-order valence-electron chi connectivity index (χ2n) is 6.57. The molecule has 6 nitrogen and oxygen atoms in total. The second kappa shape index (κ2) is 6.04. The van der Waals surface area contributed by atoms with Crippen LogP contribution in [0.25, 0.3) is 0 Å². The number of benzene rings is 1. The summed E-state index contributed by atoms with van der Waals surface area (Å²) in [4.78, 5) is 20.7. The van der Waals surface area contributed by atoms with Crippen molar-refractivity contribution in [1.29, 1.82) is 0 Å². The van der Waals surface area contributed by atoms with E-state index in [-0.39, 0.29) is 18.0 Å². The van der Waals surface area contributed by atoms with Gasteiger partial charge in [0.05, 0.1) is 23.9 Å². The molecule has 2 unspecified atom stereocenters. The van der Waals surface area contributed by atoms with Crippen LogP contribution in [0.1, 0.15) is 30.1 Å². The minimum absolute atomic E-state index is 0.0685. The summed E-state index contributed by atoms with van der Waals surface area (Å²) < 4.78 is 5.17. The van der Waals surface area contributed by atoms with Crippen LogP contribution in [-0.2, 0) is 9.53 Å². The molecule has 0 radical (unpaired) electrons. The lowest BCUT2D eigenvalue weighted by atomic mass is 10.0. The number of fused-ring (bicyclic) bond motifs is 2. The van der Waals surface area contributed by atoms with E-state index >= 15 is 0 Å². The van der Waals surface area contributed by atoms with Gasteiger partial charge in [0.2, 0.25) is 5.91 Å². The van der Waals surface area contributed by atoms with Gasteiger partial charge < -0.3 is 19.9 Å². The number of nitrogens with zero attached hydrogens (tertiary/aromatic N) is 3. The molecule has 1 N–H and O–H groups in total. The first-order valence-corrected chi connectivity index (χ1v) is 8.49. The monoisotopic (exact) mass is 338 g/mol. The molecule has 130 valence electrons. The number of nitrogens with one attached hydrogen (secondary N) is 1. The molecule has 2 aromatic rings. The first-order chi connectivity index (χ1) is 12.1. The van der Waals surface area contributed by atoms with Crippen LogP contribution in [0.15, 0.2) is 36.7 Å². The molecule has 1 aromatic carbocycles. The van der Waals surface area contributed by atoms with Crippen molar-refractivity contribution >= 4 is 23.0 Å². The Morgan fingerprint density at radius 2 is 2.00 bits per heavy atom. The molecule has 1 amide bonds. The fourth-order valence-electron chi connectivity index (χ4n) is 3.72. The SMILES string of the molecule is COCCN1C(=O)C(C)c2cc3c(cc21)N(C)C(c1ccncc1)N3. The van der Waals surface area contributed by atoms with E-state index < -0.39 is 0 Å². The smallest absolute Gasteiger partial charge is 0.234 e. The van der Waals surface area contributed by atoms with Gasteiger partial charge in [0, 0.05) is 38.8 Å². The zero-order valence-corrected chi connectivity index (χ0v) is 14.7. The third-order valence-electron chi connectivity index (χ3n) is 5.14. The molecule has 0 bridgehead atoms. The number of ether oxygens (including phenoxy) is 1. The highest BCUT2D eigenvalue weighted by Gasteiger charge is 2.37. The van der Waals surface area contributed by atoms with Crippen molar-refractivity contribution < 1.29 is 9.53 Å². The lowest BCUT2D eigenvalue weighted by Gasteiger charge is -2.23. The maximum absolute atomic E-state index is 12.6. The summed E-state index contributed by atoms with van der Waals surface area (Å²) in [6.07, 6.45) is 3.68. The normalized spacial score (nSPS) is 21.3. The van der Waals surface area contributed by atoms with Gasteiger partial charge in [-0.1, -0.05) is 0 Å². The highest BCUT2D eigenvalue weighted by Crippen LogP contribution is 2.47. The van der Waals surface area contributed by atoms with E-state index in [4.69, 9.17) is 4.74 Å². The third kappa shape index (κ3) is 2.44. The van der Waals surface area contributed by atoms with E-state index in [1.807, 2.05) is 24.0 Å². The largest absolute Gasteiger partial charge is 0.383 e. The van der Waals surface area contributed by atoms with Crippen LogP contribution >= 0.6 is 0 Å². The number of hydrogen-bond acceptors (Lipinski definition) is 5. The fraction of sp³-hybridized carbons (Fsp3) is 0.368.